The number of rotatable bonds is 8. The van der Waals surface area contributed by atoms with Gasteiger partial charge < -0.3 is 18.9 Å². The Bertz CT molecular complexity index is 668. The van der Waals surface area contributed by atoms with Crippen LogP contribution in [0.2, 0.25) is 0 Å². The van der Waals surface area contributed by atoms with Gasteiger partial charge in [-0.1, -0.05) is 27.2 Å². The first-order valence-electron chi connectivity index (χ1n) is 8.43. The molecule has 0 aromatic carbocycles. The molecule has 1 aliphatic rings. The number of furan rings is 1. The minimum atomic E-state index is 0.114. The third-order valence-corrected chi connectivity index (χ3v) is 5.17. The highest BCUT2D eigenvalue weighted by Gasteiger charge is 2.48. The minimum Gasteiger partial charge on any atom is -0.444 e. The molecule has 2 heterocycles. The third-order valence-electron chi connectivity index (χ3n) is 4.75. The lowest BCUT2D eigenvalue weighted by atomic mass is 9.64. The van der Waals surface area contributed by atoms with Gasteiger partial charge in [-0.2, -0.15) is 0 Å². The number of unbranched alkanes of at least 4 members (excludes halogenated alkanes) is 1. The summed E-state index contributed by atoms with van der Waals surface area (Å²) in [6, 6.07) is 3.98. The van der Waals surface area contributed by atoms with Crippen LogP contribution in [0.15, 0.2) is 25.6 Å². The molecule has 132 valence electrons. The van der Waals surface area contributed by atoms with Crippen molar-refractivity contribution in [3.63, 3.8) is 0 Å². The lowest BCUT2D eigenvalue weighted by Crippen LogP contribution is -2.60. The summed E-state index contributed by atoms with van der Waals surface area (Å²) in [5.41, 5.74) is 0.114. The van der Waals surface area contributed by atoms with E-state index in [2.05, 4.69) is 52.2 Å². The molecule has 2 atom stereocenters. The van der Waals surface area contributed by atoms with Crippen molar-refractivity contribution >= 4 is 15.9 Å². The van der Waals surface area contributed by atoms with Gasteiger partial charge in [0.05, 0.1) is 12.6 Å². The van der Waals surface area contributed by atoms with Crippen LogP contribution in [0.5, 0.6) is 0 Å². The largest absolute Gasteiger partial charge is 0.444 e. The van der Waals surface area contributed by atoms with E-state index in [1.54, 1.807) is 12.1 Å². The van der Waals surface area contributed by atoms with Crippen molar-refractivity contribution in [3.05, 3.63) is 22.7 Å². The van der Waals surface area contributed by atoms with Crippen molar-refractivity contribution in [1.82, 2.24) is 15.5 Å². The molecule has 1 fully saturated rings. The second kappa shape index (κ2) is 7.37. The first kappa shape index (κ1) is 17.6. The molecule has 0 radical (unpaired) electrons. The minimum absolute atomic E-state index is 0.114. The van der Waals surface area contributed by atoms with E-state index in [1.165, 1.54) is 6.42 Å². The number of aromatic nitrogens is 2. The first-order valence-corrected chi connectivity index (χ1v) is 9.23. The monoisotopic (exact) mass is 397 g/mol. The highest BCUT2D eigenvalue weighted by atomic mass is 79.9. The molecule has 1 saturated carbocycles. The zero-order chi connectivity index (χ0) is 17.2. The lowest BCUT2D eigenvalue weighted by Gasteiger charge is -2.51. The van der Waals surface area contributed by atoms with Crippen LogP contribution >= 0.6 is 15.9 Å². The number of hydrogen-bond donors (Lipinski definition) is 1. The quantitative estimate of drug-likeness (QED) is 0.673. The number of nitrogens with one attached hydrogen (secondary N) is 1. The smallest absolute Gasteiger partial charge is 0.283 e. The summed E-state index contributed by atoms with van der Waals surface area (Å²) in [5.74, 6) is 1.52. The van der Waals surface area contributed by atoms with E-state index in [4.69, 9.17) is 13.6 Å². The Kier molecular flexibility index (Phi) is 5.42. The summed E-state index contributed by atoms with van der Waals surface area (Å²) in [6.07, 6.45) is 3.63. The molecule has 0 amide bonds. The summed E-state index contributed by atoms with van der Waals surface area (Å²) in [5, 5.41) is 11.6. The average Bonchev–Trinajstić information content (AvgIpc) is 3.18. The van der Waals surface area contributed by atoms with Crippen molar-refractivity contribution in [2.24, 2.45) is 5.41 Å². The molecular formula is C17H24BrN3O3. The van der Waals surface area contributed by atoms with Gasteiger partial charge >= 0.3 is 0 Å². The van der Waals surface area contributed by atoms with Crippen LogP contribution in [-0.4, -0.2) is 29.0 Å². The average molecular weight is 398 g/mol. The molecule has 3 rings (SSSR count). The van der Waals surface area contributed by atoms with Gasteiger partial charge in [-0.25, -0.2) is 0 Å². The SMILES string of the molecule is CCCCO[C@@H]1C[C@@H](NCc2nnc(-c3ccc(Br)o3)o2)C1(C)C. The van der Waals surface area contributed by atoms with Gasteiger partial charge in [0, 0.05) is 18.1 Å². The fourth-order valence-corrected chi connectivity index (χ4v) is 3.26. The summed E-state index contributed by atoms with van der Waals surface area (Å²) >= 11 is 3.26. The Balaban J connectivity index is 1.49. The van der Waals surface area contributed by atoms with Crippen molar-refractivity contribution in [1.29, 1.82) is 0 Å². The second-order valence-corrected chi connectivity index (χ2v) is 7.59. The van der Waals surface area contributed by atoms with Gasteiger partial charge in [-0.05, 0) is 40.9 Å². The molecular weight excluding hydrogens is 374 g/mol. The van der Waals surface area contributed by atoms with Gasteiger partial charge in [0.1, 0.15) is 0 Å². The topological polar surface area (TPSA) is 73.3 Å². The molecule has 0 unspecified atom stereocenters. The fourth-order valence-electron chi connectivity index (χ4n) is 2.95. The molecule has 1 N–H and O–H groups in total. The van der Waals surface area contributed by atoms with Gasteiger partial charge in [0.2, 0.25) is 5.89 Å². The standard InChI is InChI=1S/C17H24BrN3O3/c1-4-5-8-22-13-9-12(17(13,2)3)19-10-15-20-21-16(24-15)11-6-7-14(18)23-11/h6-7,12-13,19H,4-5,8-10H2,1-3H3/t12-,13-/m1/s1. The van der Waals surface area contributed by atoms with Crippen molar-refractivity contribution in [2.75, 3.05) is 6.61 Å². The Morgan fingerprint density at radius 2 is 2.17 bits per heavy atom. The van der Waals surface area contributed by atoms with Crippen molar-refractivity contribution in [3.8, 4) is 11.7 Å². The van der Waals surface area contributed by atoms with Gasteiger partial charge in [0.25, 0.3) is 5.89 Å². The summed E-state index contributed by atoms with van der Waals surface area (Å²) in [7, 11) is 0. The molecule has 0 aliphatic heterocycles. The van der Waals surface area contributed by atoms with E-state index < -0.39 is 0 Å². The Morgan fingerprint density at radius 1 is 1.33 bits per heavy atom. The number of halogens is 1. The second-order valence-electron chi connectivity index (χ2n) is 6.81. The maximum Gasteiger partial charge on any atom is 0.283 e. The molecule has 2 aromatic heterocycles. The first-order chi connectivity index (χ1) is 11.5. The predicted molar refractivity (Wildman–Crippen MR) is 93.4 cm³/mol. The highest BCUT2D eigenvalue weighted by Crippen LogP contribution is 2.43. The van der Waals surface area contributed by atoms with Gasteiger partial charge in [-0.15, -0.1) is 10.2 Å². The third kappa shape index (κ3) is 3.73. The van der Waals surface area contributed by atoms with E-state index in [0.717, 1.165) is 19.4 Å². The maximum absolute atomic E-state index is 5.97. The van der Waals surface area contributed by atoms with Crippen LogP contribution in [0.1, 0.15) is 45.9 Å². The fraction of sp³-hybridized carbons (Fsp3) is 0.647. The van der Waals surface area contributed by atoms with Crippen molar-refractivity contribution < 1.29 is 13.6 Å². The summed E-state index contributed by atoms with van der Waals surface area (Å²) in [4.78, 5) is 0. The lowest BCUT2D eigenvalue weighted by molar-refractivity contribution is -0.118. The molecule has 24 heavy (non-hydrogen) atoms. The Morgan fingerprint density at radius 3 is 2.83 bits per heavy atom. The van der Waals surface area contributed by atoms with E-state index >= 15 is 0 Å². The van der Waals surface area contributed by atoms with Crippen LogP contribution in [0.25, 0.3) is 11.7 Å². The molecule has 6 nitrogen and oxygen atoms in total. The zero-order valence-electron chi connectivity index (χ0n) is 14.3. The molecule has 0 bridgehead atoms. The highest BCUT2D eigenvalue weighted by molar-refractivity contribution is 9.10. The number of ether oxygens (including phenoxy) is 1. The van der Waals surface area contributed by atoms with E-state index in [0.29, 0.717) is 40.9 Å². The molecule has 2 aromatic rings. The maximum atomic E-state index is 5.97. The van der Waals surface area contributed by atoms with E-state index in [-0.39, 0.29) is 5.41 Å². The van der Waals surface area contributed by atoms with Crippen LogP contribution in [0, 0.1) is 5.41 Å². The predicted octanol–water partition coefficient (Wildman–Crippen LogP) is 4.17. The summed E-state index contributed by atoms with van der Waals surface area (Å²) < 4.78 is 17.7. The number of hydrogen-bond acceptors (Lipinski definition) is 6. The van der Waals surface area contributed by atoms with Crippen LogP contribution in [0.3, 0.4) is 0 Å². The van der Waals surface area contributed by atoms with Crippen LogP contribution < -0.4 is 5.32 Å². The zero-order valence-corrected chi connectivity index (χ0v) is 15.9. The molecule has 0 spiro atoms. The van der Waals surface area contributed by atoms with Crippen LogP contribution in [-0.2, 0) is 11.3 Å². The van der Waals surface area contributed by atoms with Gasteiger partial charge in [0.15, 0.2) is 10.4 Å². The number of nitrogens with zero attached hydrogens (tertiary/aromatic N) is 2. The van der Waals surface area contributed by atoms with Gasteiger partial charge in [-0.3, -0.25) is 0 Å². The van der Waals surface area contributed by atoms with E-state index in [9.17, 15) is 0 Å². The molecule has 1 aliphatic carbocycles. The summed E-state index contributed by atoms with van der Waals surface area (Å²) in [6.45, 7) is 8.06. The Hall–Kier alpha value is -1.18. The van der Waals surface area contributed by atoms with Crippen LogP contribution in [0.4, 0.5) is 0 Å². The van der Waals surface area contributed by atoms with Crippen molar-refractivity contribution in [2.45, 2.75) is 58.7 Å². The normalized spacial score (nSPS) is 22.5. The Labute approximate surface area is 150 Å². The molecule has 7 heteroatoms. The molecule has 0 saturated heterocycles. The van der Waals surface area contributed by atoms with E-state index in [1.807, 2.05) is 0 Å².